The molecule has 0 spiro atoms. The molecule has 1 unspecified atom stereocenters. The molecular weight excluding hydrogens is 236 g/mol. The highest BCUT2D eigenvalue weighted by atomic mass is 15.2. The second kappa shape index (κ2) is 7.46. The zero-order valence-corrected chi connectivity index (χ0v) is 11.9. The summed E-state index contributed by atoms with van der Waals surface area (Å²) in [5.41, 5.74) is 4.52. The maximum atomic E-state index is 5.72. The van der Waals surface area contributed by atoms with Crippen molar-refractivity contribution in [2.24, 2.45) is 5.84 Å². The Bertz CT molecular complexity index is 408. The molecule has 19 heavy (non-hydrogen) atoms. The third kappa shape index (κ3) is 4.18. The van der Waals surface area contributed by atoms with Gasteiger partial charge in [0, 0.05) is 31.4 Å². The molecule has 1 aliphatic rings. The van der Waals surface area contributed by atoms with Crippen LogP contribution in [0.25, 0.3) is 0 Å². The first-order valence-corrected chi connectivity index (χ1v) is 7.47. The molecule has 1 atom stereocenters. The van der Waals surface area contributed by atoms with Crippen LogP contribution < -0.4 is 11.3 Å². The van der Waals surface area contributed by atoms with E-state index in [1.165, 1.54) is 25.7 Å². The van der Waals surface area contributed by atoms with Crippen molar-refractivity contribution in [3.8, 4) is 0 Å². The van der Waals surface area contributed by atoms with E-state index in [-0.39, 0.29) is 0 Å². The van der Waals surface area contributed by atoms with Crippen molar-refractivity contribution in [3.05, 3.63) is 29.9 Å². The fourth-order valence-electron chi connectivity index (χ4n) is 2.79. The van der Waals surface area contributed by atoms with Gasteiger partial charge in [-0.2, -0.15) is 0 Å². The number of aryl methyl sites for hydroxylation is 1. The SMILES string of the molecule is CCCn1ccnc1CC(CC1=CCCCC1)NN. The number of nitrogens with one attached hydrogen (secondary N) is 1. The van der Waals surface area contributed by atoms with E-state index in [0.29, 0.717) is 6.04 Å². The summed E-state index contributed by atoms with van der Waals surface area (Å²) in [6, 6.07) is 0.294. The lowest BCUT2D eigenvalue weighted by Gasteiger charge is -2.20. The van der Waals surface area contributed by atoms with Gasteiger partial charge in [0.25, 0.3) is 0 Å². The molecule has 0 fully saturated rings. The van der Waals surface area contributed by atoms with Gasteiger partial charge in [-0.1, -0.05) is 18.6 Å². The van der Waals surface area contributed by atoms with Gasteiger partial charge in [-0.3, -0.25) is 11.3 Å². The fourth-order valence-corrected chi connectivity index (χ4v) is 2.79. The van der Waals surface area contributed by atoms with Crippen molar-refractivity contribution in [1.82, 2.24) is 15.0 Å². The minimum absolute atomic E-state index is 0.294. The van der Waals surface area contributed by atoms with Gasteiger partial charge in [-0.05, 0) is 38.5 Å². The summed E-state index contributed by atoms with van der Waals surface area (Å²) in [6.07, 6.45) is 14.6. The Morgan fingerprint density at radius 2 is 2.32 bits per heavy atom. The predicted octanol–water partition coefficient (Wildman–Crippen LogP) is 2.56. The third-order valence-corrected chi connectivity index (χ3v) is 3.82. The molecule has 2 rings (SSSR count). The Kier molecular flexibility index (Phi) is 5.61. The molecule has 1 heterocycles. The first kappa shape index (κ1) is 14.3. The van der Waals surface area contributed by atoms with Crippen molar-refractivity contribution in [2.75, 3.05) is 0 Å². The van der Waals surface area contributed by atoms with Gasteiger partial charge in [-0.25, -0.2) is 4.98 Å². The molecule has 4 nitrogen and oxygen atoms in total. The molecule has 0 aromatic carbocycles. The highest BCUT2D eigenvalue weighted by molar-refractivity contribution is 5.08. The molecule has 106 valence electrons. The highest BCUT2D eigenvalue weighted by Gasteiger charge is 2.14. The number of imidazole rings is 1. The van der Waals surface area contributed by atoms with Crippen LogP contribution in [0.1, 0.15) is 51.3 Å². The standard InChI is InChI=1S/C15H26N4/c1-2-9-19-10-8-17-15(19)12-14(18-16)11-13-6-4-3-5-7-13/h6,8,10,14,18H,2-5,7,9,11-12,16H2,1H3. The smallest absolute Gasteiger partial charge is 0.110 e. The molecule has 4 heteroatoms. The summed E-state index contributed by atoms with van der Waals surface area (Å²) < 4.78 is 2.24. The first-order chi connectivity index (χ1) is 9.33. The van der Waals surface area contributed by atoms with Gasteiger partial charge in [0.05, 0.1) is 0 Å². The monoisotopic (exact) mass is 262 g/mol. The van der Waals surface area contributed by atoms with Crippen LogP contribution in [0.2, 0.25) is 0 Å². The van der Waals surface area contributed by atoms with Gasteiger partial charge in [0.15, 0.2) is 0 Å². The molecule has 0 amide bonds. The van der Waals surface area contributed by atoms with Crippen molar-refractivity contribution in [1.29, 1.82) is 0 Å². The molecule has 0 aliphatic heterocycles. The molecule has 1 aromatic heterocycles. The van der Waals surface area contributed by atoms with Gasteiger partial charge >= 0.3 is 0 Å². The Morgan fingerprint density at radius 3 is 3.00 bits per heavy atom. The summed E-state index contributed by atoms with van der Waals surface area (Å²) in [7, 11) is 0. The number of hydrogen-bond acceptors (Lipinski definition) is 3. The van der Waals surface area contributed by atoms with E-state index in [9.17, 15) is 0 Å². The average Bonchev–Trinajstić information content (AvgIpc) is 2.87. The van der Waals surface area contributed by atoms with Crippen molar-refractivity contribution < 1.29 is 0 Å². The third-order valence-electron chi connectivity index (χ3n) is 3.82. The van der Waals surface area contributed by atoms with Crippen molar-refractivity contribution in [3.63, 3.8) is 0 Å². The highest BCUT2D eigenvalue weighted by Crippen LogP contribution is 2.22. The Balaban J connectivity index is 1.94. The summed E-state index contributed by atoms with van der Waals surface area (Å²) in [4.78, 5) is 4.46. The van der Waals surface area contributed by atoms with Gasteiger partial charge < -0.3 is 4.57 Å². The second-order valence-corrected chi connectivity index (χ2v) is 5.42. The molecule has 0 bridgehead atoms. The number of aromatic nitrogens is 2. The lowest BCUT2D eigenvalue weighted by Crippen LogP contribution is -2.38. The van der Waals surface area contributed by atoms with E-state index in [4.69, 9.17) is 5.84 Å². The minimum atomic E-state index is 0.294. The van der Waals surface area contributed by atoms with E-state index >= 15 is 0 Å². The first-order valence-electron chi connectivity index (χ1n) is 7.47. The lowest BCUT2D eigenvalue weighted by molar-refractivity contribution is 0.482. The molecule has 1 aliphatic carbocycles. The van der Waals surface area contributed by atoms with Gasteiger partial charge in [0.2, 0.25) is 0 Å². The Hall–Kier alpha value is -1.13. The van der Waals surface area contributed by atoms with E-state index in [2.05, 4.69) is 34.2 Å². The van der Waals surface area contributed by atoms with Crippen LogP contribution in [0.4, 0.5) is 0 Å². The summed E-state index contributed by atoms with van der Waals surface area (Å²) in [6.45, 7) is 3.23. The van der Waals surface area contributed by atoms with E-state index < -0.39 is 0 Å². The predicted molar refractivity (Wildman–Crippen MR) is 78.5 cm³/mol. The number of hydrazine groups is 1. The van der Waals surface area contributed by atoms with Crippen LogP contribution >= 0.6 is 0 Å². The average molecular weight is 262 g/mol. The molecule has 1 aromatic rings. The summed E-state index contributed by atoms with van der Waals surface area (Å²) in [5, 5.41) is 0. The summed E-state index contributed by atoms with van der Waals surface area (Å²) in [5.74, 6) is 6.86. The van der Waals surface area contributed by atoms with E-state index in [0.717, 1.165) is 31.6 Å². The van der Waals surface area contributed by atoms with E-state index in [1.807, 2.05) is 6.20 Å². The molecule has 0 radical (unpaired) electrons. The fraction of sp³-hybridized carbons (Fsp3) is 0.667. The number of hydrogen-bond donors (Lipinski definition) is 2. The van der Waals surface area contributed by atoms with Gasteiger partial charge in [0.1, 0.15) is 5.82 Å². The lowest BCUT2D eigenvalue weighted by atomic mass is 9.93. The topological polar surface area (TPSA) is 55.9 Å². The number of rotatable bonds is 7. The normalized spacial score (nSPS) is 17.3. The van der Waals surface area contributed by atoms with Crippen LogP contribution in [-0.4, -0.2) is 15.6 Å². The number of nitrogens with two attached hydrogens (primary N) is 1. The molecular formula is C15H26N4. The quantitative estimate of drug-likeness (QED) is 0.451. The minimum Gasteiger partial charge on any atom is -0.335 e. The molecule has 0 saturated heterocycles. The number of nitrogens with zero attached hydrogens (tertiary/aromatic N) is 2. The van der Waals surface area contributed by atoms with Crippen LogP contribution in [0.5, 0.6) is 0 Å². The molecule has 0 saturated carbocycles. The summed E-state index contributed by atoms with van der Waals surface area (Å²) >= 11 is 0. The number of allylic oxidation sites excluding steroid dienone is 1. The van der Waals surface area contributed by atoms with E-state index in [1.54, 1.807) is 5.57 Å². The zero-order valence-electron chi connectivity index (χ0n) is 11.9. The largest absolute Gasteiger partial charge is 0.335 e. The van der Waals surface area contributed by atoms with Crippen molar-refractivity contribution >= 4 is 0 Å². The molecule has 3 N–H and O–H groups in total. The maximum Gasteiger partial charge on any atom is 0.110 e. The van der Waals surface area contributed by atoms with Crippen LogP contribution in [0.15, 0.2) is 24.0 Å². The second-order valence-electron chi connectivity index (χ2n) is 5.42. The van der Waals surface area contributed by atoms with Crippen LogP contribution in [0, 0.1) is 0 Å². The van der Waals surface area contributed by atoms with Crippen LogP contribution in [-0.2, 0) is 13.0 Å². The zero-order chi connectivity index (χ0) is 13.5. The van der Waals surface area contributed by atoms with Crippen molar-refractivity contribution in [2.45, 2.75) is 64.5 Å². The Labute approximate surface area is 116 Å². The van der Waals surface area contributed by atoms with Gasteiger partial charge in [-0.15, -0.1) is 0 Å². The Morgan fingerprint density at radius 1 is 1.42 bits per heavy atom. The van der Waals surface area contributed by atoms with Crippen LogP contribution in [0.3, 0.4) is 0 Å². The maximum absolute atomic E-state index is 5.72.